The van der Waals surface area contributed by atoms with E-state index in [1.807, 2.05) is 13.0 Å². The largest absolute Gasteiger partial charge is 0.496 e. The molecule has 0 spiro atoms. The molecular formula is C51H56FN3O12. The van der Waals surface area contributed by atoms with Crippen molar-refractivity contribution in [1.29, 1.82) is 0 Å². The summed E-state index contributed by atoms with van der Waals surface area (Å²) >= 11 is 0. The summed E-state index contributed by atoms with van der Waals surface area (Å²) in [6, 6.07) is 20.3. The summed E-state index contributed by atoms with van der Waals surface area (Å²) in [5.74, 6) is -1.58. The van der Waals surface area contributed by atoms with Crippen LogP contribution in [0.1, 0.15) is 79.3 Å². The number of halogens is 1. The molecule has 0 aromatic heterocycles. The molecule has 16 heteroatoms. The van der Waals surface area contributed by atoms with Crippen LogP contribution in [0.25, 0.3) is 0 Å². The van der Waals surface area contributed by atoms with Gasteiger partial charge in [-0.1, -0.05) is 42.3 Å². The molecule has 0 radical (unpaired) electrons. The molecule has 6 unspecified atom stereocenters. The van der Waals surface area contributed by atoms with Crippen molar-refractivity contribution in [2.75, 3.05) is 33.5 Å². The summed E-state index contributed by atoms with van der Waals surface area (Å²) in [7, 11) is 1.48. The number of fused-ring (bicyclic) bond motifs is 2. The normalized spacial score (nSPS) is 22.0. The number of aliphatic hydroxyl groups is 2. The molecule has 1 saturated carbocycles. The first-order valence-corrected chi connectivity index (χ1v) is 22.6. The van der Waals surface area contributed by atoms with Gasteiger partial charge in [-0.25, -0.2) is 9.18 Å². The number of unbranched alkanes of at least 4 members (excludes halogenated alkanes) is 2. The maximum absolute atomic E-state index is 14.9. The van der Waals surface area contributed by atoms with Gasteiger partial charge in [0, 0.05) is 49.8 Å². The van der Waals surface area contributed by atoms with Gasteiger partial charge in [0.2, 0.25) is 5.79 Å². The SMILES string of the molecule is C=CCOC12Oc3ccc(Oc4ccc(OC)c(C=O)c4)cc3C3C(CCCCO)C(CCCCO)C=C(C(=NOCC)CC1N(Cc1ccc(F)cc1)C(=O)Oc1ccc([N+](=O)[O-])cc1)C32. The highest BCUT2D eigenvalue weighted by Gasteiger charge is 2.65. The summed E-state index contributed by atoms with van der Waals surface area (Å²) in [4.78, 5) is 45.2. The van der Waals surface area contributed by atoms with Crippen molar-refractivity contribution in [2.45, 2.75) is 76.2 Å². The van der Waals surface area contributed by atoms with Crippen molar-refractivity contribution in [2.24, 2.45) is 22.9 Å². The molecule has 1 fully saturated rings. The van der Waals surface area contributed by atoms with Gasteiger partial charge in [-0.3, -0.25) is 19.8 Å². The molecule has 7 rings (SSSR count). The number of nitrogens with zero attached hydrogens (tertiary/aromatic N) is 3. The van der Waals surface area contributed by atoms with Crippen LogP contribution in [0, 0.1) is 33.7 Å². The van der Waals surface area contributed by atoms with Crippen molar-refractivity contribution in [3.8, 4) is 28.7 Å². The lowest BCUT2D eigenvalue weighted by Crippen LogP contribution is -2.70. The standard InChI is InChI=1S/C51H56FN3O12/c1-4-26-63-51-47(54(31-33-12-14-36(52)15-13-33)50(59)66-38-18-16-37(17-19-38)55(60)61)30-44(53-64-5-2)42-28-34(10-6-8-24-56)41(11-7-9-25-57)48(49(42)51)43-29-40(21-23-46(43)67-51)65-39-20-22-45(62-3)35(27-39)32-58/h4,12-23,27-29,32,34,41,47-49,56-57H,1,5-11,24-26,30-31H2,2-3H3. The number of hydrogen-bond acceptors (Lipinski definition) is 13. The van der Waals surface area contributed by atoms with Crippen LogP contribution in [-0.2, 0) is 16.1 Å². The number of benzene rings is 4. The summed E-state index contributed by atoms with van der Waals surface area (Å²) in [6.07, 6.45) is 7.73. The number of carbonyl (C=O) groups is 2. The Labute approximate surface area is 388 Å². The van der Waals surface area contributed by atoms with Crippen LogP contribution < -0.4 is 18.9 Å². The number of carbonyl (C=O) groups excluding carboxylic acids is 2. The van der Waals surface area contributed by atoms with Crippen LogP contribution >= 0.6 is 0 Å². The van der Waals surface area contributed by atoms with E-state index >= 15 is 0 Å². The number of nitro benzene ring substituents is 1. The van der Waals surface area contributed by atoms with E-state index in [0.29, 0.717) is 71.8 Å². The van der Waals surface area contributed by atoms with Crippen molar-refractivity contribution in [1.82, 2.24) is 4.90 Å². The Balaban J connectivity index is 1.45. The quantitative estimate of drug-likeness (QED) is 0.0250. The Morgan fingerprint density at radius 2 is 1.69 bits per heavy atom. The first kappa shape index (κ1) is 48.3. The topological polar surface area (TPSA) is 189 Å². The molecule has 2 N–H and O–H groups in total. The average molecular weight is 922 g/mol. The van der Waals surface area contributed by atoms with Crippen molar-refractivity contribution in [3.63, 3.8) is 0 Å². The van der Waals surface area contributed by atoms with E-state index < -0.39 is 40.5 Å². The van der Waals surface area contributed by atoms with E-state index in [-0.39, 0.29) is 62.7 Å². The lowest BCUT2D eigenvalue weighted by Gasteiger charge is -2.59. The van der Waals surface area contributed by atoms with Gasteiger partial charge in [-0.05, 0) is 116 Å². The second-order valence-electron chi connectivity index (χ2n) is 16.7. The van der Waals surface area contributed by atoms with Gasteiger partial charge in [0.25, 0.3) is 5.69 Å². The highest BCUT2D eigenvalue weighted by Crippen LogP contribution is 2.62. The lowest BCUT2D eigenvalue weighted by molar-refractivity contribution is -0.384. The van der Waals surface area contributed by atoms with Crippen LogP contribution in [0.5, 0.6) is 28.7 Å². The zero-order valence-corrected chi connectivity index (χ0v) is 37.6. The summed E-state index contributed by atoms with van der Waals surface area (Å²) in [6.45, 7) is 5.98. The van der Waals surface area contributed by atoms with Gasteiger partial charge >= 0.3 is 6.09 Å². The number of amides is 1. The number of rotatable bonds is 22. The predicted molar refractivity (Wildman–Crippen MR) is 246 cm³/mol. The number of aldehydes is 1. The molecule has 0 bridgehead atoms. The average Bonchev–Trinajstić information content (AvgIpc) is 3.33. The van der Waals surface area contributed by atoms with E-state index in [1.54, 1.807) is 48.5 Å². The molecule has 4 aromatic rings. The minimum atomic E-state index is -1.67. The van der Waals surface area contributed by atoms with Gasteiger partial charge in [-0.15, -0.1) is 6.58 Å². The smallest absolute Gasteiger partial charge is 0.416 e. The maximum Gasteiger partial charge on any atom is 0.416 e. The number of methoxy groups -OCH3 is 1. The van der Waals surface area contributed by atoms with Crippen LogP contribution in [0.3, 0.4) is 0 Å². The summed E-state index contributed by atoms with van der Waals surface area (Å²) in [5.41, 5.74) is 2.84. The number of hydrogen-bond donors (Lipinski definition) is 2. The predicted octanol–water partition coefficient (Wildman–Crippen LogP) is 9.70. The molecule has 3 aliphatic rings. The molecule has 2 aliphatic carbocycles. The number of ether oxygens (including phenoxy) is 5. The molecule has 1 aliphatic heterocycles. The minimum Gasteiger partial charge on any atom is -0.496 e. The Bertz CT molecular complexity index is 2440. The second kappa shape index (κ2) is 22.2. The fraction of sp³-hybridized carbons (Fsp3) is 0.392. The van der Waals surface area contributed by atoms with Crippen LogP contribution in [-0.4, -0.2) is 83.5 Å². The number of aliphatic hydroxyl groups excluding tert-OH is 2. The molecule has 15 nitrogen and oxygen atoms in total. The number of nitro groups is 1. The molecule has 0 saturated heterocycles. The highest BCUT2D eigenvalue weighted by atomic mass is 19.1. The van der Waals surface area contributed by atoms with Crippen LogP contribution in [0.15, 0.2) is 114 Å². The number of non-ortho nitro benzene ring substituents is 1. The molecule has 6 atom stereocenters. The molecular weight excluding hydrogens is 866 g/mol. The first-order valence-electron chi connectivity index (χ1n) is 22.6. The van der Waals surface area contributed by atoms with E-state index in [9.17, 15) is 34.3 Å². The molecule has 1 heterocycles. The number of oxime groups is 1. The highest BCUT2D eigenvalue weighted by molar-refractivity contribution is 6.03. The number of allylic oxidation sites excluding steroid dienone is 1. The third-order valence-electron chi connectivity index (χ3n) is 12.6. The Morgan fingerprint density at radius 3 is 2.36 bits per heavy atom. The molecule has 354 valence electrons. The van der Waals surface area contributed by atoms with Gasteiger partial charge in [0.15, 0.2) is 6.29 Å². The monoisotopic (exact) mass is 921 g/mol. The van der Waals surface area contributed by atoms with Crippen molar-refractivity contribution in [3.05, 3.63) is 142 Å². The van der Waals surface area contributed by atoms with E-state index in [2.05, 4.69) is 12.7 Å². The summed E-state index contributed by atoms with van der Waals surface area (Å²) < 4.78 is 46.5. The zero-order valence-electron chi connectivity index (χ0n) is 37.6. The van der Waals surface area contributed by atoms with Crippen molar-refractivity contribution < 1.29 is 57.6 Å². The maximum atomic E-state index is 14.9. The van der Waals surface area contributed by atoms with Gasteiger partial charge in [0.1, 0.15) is 47.2 Å². The third-order valence-corrected chi connectivity index (χ3v) is 12.6. The fourth-order valence-electron chi connectivity index (χ4n) is 9.74. The van der Waals surface area contributed by atoms with E-state index in [4.69, 9.17) is 33.7 Å². The second-order valence-corrected chi connectivity index (χ2v) is 16.7. The summed E-state index contributed by atoms with van der Waals surface area (Å²) in [5, 5.41) is 36.1. The van der Waals surface area contributed by atoms with Gasteiger partial charge in [-0.2, -0.15) is 0 Å². The lowest BCUT2D eigenvalue weighted by atomic mass is 9.55. The molecule has 4 aromatic carbocycles. The van der Waals surface area contributed by atoms with E-state index in [0.717, 1.165) is 24.0 Å². The molecule has 1 amide bonds. The zero-order chi connectivity index (χ0) is 47.5. The van der Waals surface area contributed by atoms with E-state index in [1.165, 1.54) is 48.4 Å². The third kappa shape index (κ3) is 10.7. The Hall–Kier alpha value is -6.62. The minimum absolute atomic E-state index is 0.00506. The van der Waals surface area contributed by atoms with Gasteiger partial charge in [0.05, 0.1) is 35.8 Å². The molecule has 67 heavy (non-hydrogen) atoms. The van der Waals surface area contributed by atoms with Crippen LogP contribution in [0.4, 0.5) is 14.9 Å². The first-order chi connectivity index (χ1) is 32.6. The fourth-order valence-corrected chi connectivity index (χ4v) is 9.74. The van der Waals surface area contributed by atoms with Gasteiger partial charge < -0.3 is 38.7 Å². The Morgan fingerprint density at radius 1 is 0.985 bits per heavy atom. The Kier molecular flexibility index (Phi) is 16.0. The van der Waals surface area contributed by atoms with Crippen molar-refractivity contribution >= 4 is 23.8 Å². The van der Waals surface area contributed by atoms with Crippen LogP contribution in [0.2, 0.25) is 0 Å².